The highest BCUT2D eigenvalue weighted by Gasteiger charge is 2.41. The Bertz CT molecular complexity index is 1030. The third kappa shape index (κ3) is 4.98. The molecule has 2 fully saturated rings. The quantitative estimate of drug-likeness (QED) is 0.400. The van der Waals surface area contributed by atoms with Gasteiger partial charge in [0.05, 0.1) is 0 Å². The summed E-state index contributed by atoms with van der Waals surface area (Å²) >= 11 is 0. The largest absolute Gasteiger partial charge is 0.241 e. The maximum atomic E-state index is 4.64. The van der Waals surface area contributed by atoms with E-state index in [0.29, 0.717) is 35.5 Å². The molecule has 0 N–H and O–H groups in total. The predicted molar refractivity (Wildman–Crippen MR) is 134 cm³/mol. The molecule has 0 amide bonds. The zero-order valence-electron chi connectivity index (χ0n) is 20.2. The van der Waals surface area contributed by atoms with E-state index in [2.05, 4.69) is 39.9 Å². The van der Waals surface area contributed by atoms with E-state index in [4.69, 9.17) is 0 Å². The molecule has 0 bridgehead atoms. The Hall–Kier alpha value is -3.68. The minimum atomic E-state index is 0.290. The number of hydrogen-bond donors (Lipinski definition) is 0. The van der Waals surface area contributed by atoms with Gasteiger partial charge in [0, 0.05) is 73.2 Å². The zero-order chi connectivity index (χ0) is 24.2. The molecule has 4 heterocycles. The topological polar surface area (TPSA) is 103 Å². The third-order valence-electron chi connectivity index (χ3n) is 7.96. The van der Waals surface area contributed by atoms with E-state index >= 15 is 0 Å². The molecule has 0 aliphatic heterocycles. The lowest BCUT2D eigenvalue weighted by atomic mass is 9.63. The Labute approximate surface area is 211 Å². The molecule has 182 valence electrons. The van der Waals surface area contributed by atoms with Gasteiger partial charge in [-0.3, -0.25) is 0 Å². The summed E-state index contributed by atoms with van der Waals surface area (Å²) < 4.78 is 0. The van der Waals surface area contributed by atoms with E-state index in [1.807, 2.05) is 73.8 Å². The van der Waals surface area contributed by atoms with E-state index in [1.165, 1.54) is 0 Å². The van der Waals surface area contributed by atoms with Crippen LogP contribution in [0.4, 0.5) is 0 Å². The van der Waals surface area contributed by atoms with Gasteiger partial charge in [-0.2, -0.15) is 0 Å². The highest BCUT2D eigenvalue weighted by atomic mass is 14.9. The molecule has 36 heavy (non-hydrogen) atoms. The highest BCUT2D eigenvalue weighted by Crippen LogP contribution is 2.52. The minimum absolute atomic E-state index is 0.290. The van der Waals surface area contributed by atoms with E-state index in [-0.39, 0.29) is 0 Å². The molecular weight excluding hydrogens is 448 g/mol. The lowest BCUT2D eigenvalue weighted by Gasteiger charge is -2.42. The first kappa shape index (κ1) is 22.8. The van der Waals surface area contributed by atoms with Crippen LogP contribution in [0.3, 0.4) is 0 Å². The number of aromatic nitrogens is 8. The Morgan fingerprint density at radius 1 is 0.333 bits per heavy atom. The van der Waals surface area contributed by atoms with Gasteiger partial charge in [-0.05, 0) is 74.6 Å². The van der Waals surface area contributed by atoms with Gasteiger partial charge in [-0.1, -0.05) is 0 Å². The van der Waals surface area contributed by atoms with Crippen LogP contribution in [0.15, 0.2) is 73.8 Å². The number of hydrogen-bond acceptors (Lipinski definition) is 8. The second-order valence-electron chi connectivity index (χ2n) is 10.2. The first-order valence-corrected chi connectivity index (χ1v) is 12.9. The van der Waals surface area contributed by atoms with Crippen molar-refractivity contribution in [1.29, 1.82) is 0 Å². The van der Waals surface area contributed by atoms with Gasteiger partial charge >= 0.3 is 0 Å². The maximum Gasteiger partial charge on any atom is 0.131 e. The van der Waals surface area contributed by atoms with E-state index in [0.717, 1.165) is 61.8 Å². The van der Waals surface area contributed by atoms with Crippen molar-refractivity contribution in [3.8, 4) is 0 Å². The molecule has 2 saturated carbocycles. The maximum absolute atomic E-state index is 4.64. The van der Waals surface area contributed by atoms with Gasteiger partial charge in [0.25, 0.3) is 0 Å². The van der Waals surface area contributed by atoms with Crippen molar-refractivity contribution in [1.82, 2.24) is 39.9 Å². The average Bonchev–Trinajstić information content (AvgIpc) is 2.98. The summed E-state index contributed by atoms with van der Waals surface area (Å²) in [7, 11) is 0. The normalized spacial score (nSPS) is 28.4. The van der Waals surface area contributed by atoms with Crippen LogP contribution < -0.4 is 0 Å². The standard InChI is InChI=1S/C28H30N8/c1-5-29-25(30-6-1)21-13-19(14-22(17-21)26-31-7-2-8-32-26)20-15-23(27-33-9-3-10-34-27)18-24(16-20)28-35-11-4-12-36-28/h1-12,19-24H,13-18H2. The van der Waals surface area contributed by atoms with Crippen molar-refractivity contribution in [2.75, 3.05) is 0 Å². The molecule has 8 heteroatoms. The molecular formula is C28H30N8. The molecule has 2 aliphatic carbocycles. The molecule has 6 rings (SSSR count). The molecule has 0 saturated heterocycles. The molecule has 4 atom stereocenters. The van der Waals surface area contributed by atoms with Crippen molar-refractivity contribution in [3.63, 3.8) is 0 Å². The summed E-state index contributed by atoms with van der Waals surface area (Å²) in [5.41, 5.74) is 0. The Morgan fingerprint density at radius 2 is 0.556 bits per heavy atom. The Kier molecular flexibility index (Phi) is 6.65. The monoisotopic (exact) mass is 478 g/mol. The summed E-state index contributed by atoms with van der Waals surface area (Å²) in [6, 6.07) is 7.55. The predicted octanol–water partition coefficient (Wildman–Crippen LogP) is 4.88. The average molecular weight is 479 g/mol. The van der Waals surface area contributed by atoms with Crippen LogP contribution in [0.2, 0.25) is 0 Å². The fraction of sp³-hybridized carbons (Fsp3) is 0.429. The number of nitrogens with zero attached hydrogens (tertiary/aromatic N) is 8. The minimum Gasteiger partial charge on any atom is -0.241 e. The zero-order valence-corrected chi connectivity index (χ0v) is 20.2. The van der Waals surface area contributed by atoms with E-state index < -0.39 is 0 Å². The molecule has 2 aliphatic rings. The van der Waals surface area contributed by atoms with Crippen LogP contribution in [0.25, 0.3) is 0 Å². The SMILES string of the molecule is c1cnc(C2CC(c3ncccn3)CC(C3CC(c4ncccn4)CC(c4ncccn4)C3)C2)nc1. The molecule has 8 nitrogen and oxygen atoms in total. The van der Waals surface area contributed by atoms with Crippen LogP contribution in [0, 0.1) is 11.8 Å². The Balaban J connectivity index is 1.32. The van der Waals surface area contributed by atoms with E-state index in [9.17, 15) is 0 Å². The van der Waals surface area contributed by atoms with Crippen LogP contribution in [0.1, 0.15) is 85.5 Å². The van der Waals surface area contributed by atoms with Crippen molar-refractivity contribution >= 4 is 0 Å². The molecule has 4 unspecified atom stereocenters. The molecule has 4 aromatic rings. The first-order chi connectivity index (χ1) is 17.8. The summed E-state index contributed by atoms with van der Waals surface area (Å²) in [5, 5.41) is 0. The second kappa shape index (κ2) is 10.5. The van der Waals surface area contributed by atoms with Crippen molar-refractivity contribution < 1.29 is 0 Å². The summed E-state index contributed by atoms with van der Waals surface area (Å²) in [6.45, 7) is 0. The van der Waals surface area contributed by atoms with Crippen LogP contribution in [0.5, 0.6) is 0 Å². The van der Waals surface area contributed by atoms with Crippen LogP contribution in [-0.2, 0) is 0 Å². The second-order valence-corrected chi connectivity index (χ2v) is 10.2. The summed E-state index contributed by atoms with van der Waals surface area (Å²) in [5.74, 6) is 5.90. The highest BCUT2D eigenvalue weighted by molar-refractivity contribution is 5.12. The van der Waals surface area contributed by atoms with Crippen molar-refractivity contribution in [3.05, 3.63) is 97.1 Å². The van der Waals surface area contributed by atoms with E-state index in [1.54, 1.807) is 0 Å². The van der Waals surface area contributed by atoms with Gasteiger partial charge in [0.1, 0.15) is 23.3 Å². The molecule has 0 aromatic carbocycles. The smallest absolute Gasteiger partial charge is 0.131 e. The number of rotatable bonds is 5. The first-order valence-electron chi connectivity index (χ1n) is 12.9. The van der Waals surface area contributed by atoms with Crippen LogP contribution >= 0.6 is 0 Å². The van der Waals surface area contributed by atoms with Gasteiger partial charge < -0.3 is 0 Å². The fourth-order valence-corrected chi connectivity index (χ4v) is 6.42. The summed E-state index contributed by atoms with van der Waals surface area (Å²) in [6.07, 6.45) is 21.1. The Morgan fingerprint density at radius 3 is 0.778 bits per heavy atom. The van der Waals surface area contributed by atoms with Crippen molar-refractivity contribution in [2.24, 2.45) is 11.8 Å². The molecule has 4 aromatic heterocycles. The van der Waals surface area contributed by atoms with Crippen LogP contribution in [-0.4, -0.2) is 39.9 Å². The third-order valence-corrected chi connectivity index (χ3v) is 7.96. The lowest BCUT2D eigenvalue weighted by Crippen LogP contribution is -2.33. The van der Waals surface area contributed by atoms with Gasteiger partial charge in [0.2, 0.25) is 0 Å². The fourth-order valence-electron chi connectivity index (χ4n) is 6.42. The lowest BCUT2D eigenvalue weighted by molar-refractivity contribution is 0.140. The van der Waals surface area contributed by atoms with Gasteiger partial charge in [-0.25, -0.2) is 39.9 Å². The molecule has 0 radical (unpaired) electrons. The molecule has 0 spiro atoms. The van der Waals surface area contributed by atoms with Crippen molar-refractivity contribution in [2.45, 2.75) is 62.2 Å². The summed E-state index contributed by atoms with van der Waals surface area (Å²) in [4.78, 5) is 37.1. The van der Waals surface area contributed by atoms with Gasteiger partial charge in [0.15, 0.2) is 0 Å². The van der Waals surface area contributed by atoms with Gasteiger partial charge in [-0.15, -0.1) is 0 Å².